The van der Waals surface area contributed by atoms with E-state index in [2.05, 4.69) is 85.7 Å². The first-order valence-corrected chi connectivity index (χ1v) is 39.6. The molecule has 0 radical (unpaired) electrons. The largest absolute Gasteiger partial charge is 0.481 e. The van der Waals surface area contributed by atoms with Crippen LogP contribution in [0.4, 0.5) is 13.2 Å². The first-order chi connectivity index (χ1) is 59.8. The Morgan fingerprint density at radius 1 is 0.429 bits per heavy atom. The first-order valence-electron chi connectivity index (χ1n) is 39.6. The lowest BCUT2D eigenvalue weighted by Crippen LogP contribution is -2.47. The summed E-state index contributed by atoms with van der Waals surface area (Å²) in [6.45, 7) is 9.54. The topological polar surface area (TPSA) is 382 Å². The average molecular weight is 1700 g/mol. The van der Waals surface area contributed by atoms with Gasteiger partial charge in [0.2, 0.25) is 29.5 Å². The Bertz CT molecular complexity index is 6350. The van der Waals surface area contributed by atoms with E-state index in [1.54, 1.807) is 101 Å². The predicted molar refractivity (Wildman–Crippen MR) is 475 cm³/mol. The van der Waals surface area contributed by atoms with Gasteiger partial charge in [-0.3, -0.25) is 53.5 Å². The molecule has 0 spiro atoms. The van der Waals surface area contributed by atoms with Crippen LogP contribution in [-0.4, -0.2) is 171 Å². The van der Waals surface area contributed by atoms with E-state index in [-0.39, 0.29) is 104 Å². The molecule has 29 nitrogen and oxygen atoms in total. The summed E-state index contributed by atoms with van der Waals surface area (Å²) in [7, 11) is 8.05. The summed E-state index contributed by atoms with van der Waals surface area (Å²) in [4.78, 5) is 98.7. The van der Waals surface area contributed by atoms with E-state index >= 15 is 0 Å². The molecular weight excluding hydrogens is 1600 g/mol. The van der Waals surface area contributed by atoms with Crippen LogP contribution in [0.2, 0.25) is 0 Å². The number of benzene rings is 6. The van der Waals surface area contributed by atoms with Gasteiger partial charge in [0.25, 0.3) is 0 Å². The van der Waals surface area contributed by atoms with Crippen molar-refractivity contribution in [3.63, 3.8) is 0 Å². The van der Waals surface area contributed by atoms with E-state index in [4.69, 9.17) is 52.7 Å². The molecule has 6 aliphatic rings. The van der Waals surface area contributed by atoms with Crippen molar-refractivity contribution < 1.29 is 41.9 Å². The van der Waals surface area contributed by atoms with Crippen molar-refractivity contribution in [2.75, 3.05) is 41.8 Å². The molecule has 1 aliphatic carbocycles. The molecule has 6 aromatic carbocycles. The zero-order valence-corrected chi connectivity index (χ0v) is 71.0. The van der Waals surface area contributed by atoms with E-state index in [0.717, 1.165) is 61.4 Å². The fraction of sp³-hybridized carbons (Fsp3) is 0.266. The monoisotopic (exact) mass is 1700 g/mol. The Morgan fingerprint density at radius 3 is 1.21 bits per heavy atom. The molecule has 5 aliphatic heterocycles. The molecule has 9 heterocycles. The third-order valence-corrected chi connectivity index (χ3v) is 21.8. The smallest absolute Gasteiger partial charge is 0.458 e. The van der Waals surface area contributed by atoms with Crippen LogP contribution in [0.1, 0.15) is 130 Å². The molecule has 126 heavy (non-hydrogen) atoms. The number of hydrogen-bond donors (Lipinski definition) is 5. The minimum Gasteiger partial charge on any atom is -0.481 e. The standard InChI is InChI=1S/C21H21N3O2.C20H21N5O.C18H16F3N5O.C18H17N5O.C17H17N5O/c1-4-11-26-18-10-6-8-16(13-18)15-7-5-9-17(12-15)21(2)14-19(25)24(3)20(22)23-21;1-20(11-18(26)24(2)19(21)23-20)16-12-22-25(13-16)17-5-3-4-15(10-17)9-8-14-6-7-14;1-17(9-15(27)25(2)16(22)24-17)13-10-23-26(11-13)14-5-3-4-12(8-14)6-7-18(19,20)21;1-4-12-6-5-7-13(8-12)14-10-20-11-15(21-14)18(2)9-16(24)23(3)17(19)22-18;1-4-12-6-5-7-14(8-12)22-11-13(10-19-22)17(2)9-15(23)21(3)16(18)20-17/h1,5-10,12-13H,11,14H2,2-3H3,(H2,22,23);3-5,10,12-14H,6-7,11H2,1-2H3,(H2,21,23);3-5,8,10-11H,9H2,1-2H3,(H2,22,24);1,5-8,10-11H,9H2,2-3H3,(H2,19,22);1,5-8,10-11H,9H2,2-3H3,(H2,18,20)/t21-;20-;17-;18-;17-/m00000/s1. The lowest BCUT2D eigenvalue weighted by Gasteiger charge is -2.33. The van der Waals surface area contributed by atoms with Crippen LogP contribution in [0, 0.1) is 66.6 Å². The van der Waals surface area contributed by atoms with Crippen molar-refractivity contribution >= 4 is 59.3 Å². The van der Waals surface area contributed by atoms with Crippen LogP contribution in [0.5, 0.6) is 5.75 Å². The number of aromatic nitrogens is 8. The van der Waals surface area contributed by atoms with Crippen LogP contribution in [0.15, 0.2) is 220 Å². The molecule has 0 bridgehead atoms. The first kappa shape index (κ1) is 89.4. The Kier molecular flexibility index (Phi) is 26.1. The SMILES string of the molecule is C#CCOc1cccc(-c2cccc([C@]3(C)CC(=O)N(C)C(N)=N3)c2)c1.C#Cc1cccc(-c2cncc([C@]3(C)CC(=O)N(C)C(N)=N3)n2)c1.C#Cc1cccc(-n2cc([C@]3(C)CC(=O)N(C)C(N)=N3)cn2)c1.CN1C(=O)C[C@@](C)(c2cnn(-c3cccc(C#CC(F)(F)F)c3)c2)N=C1N.CN1C(=O)C[C@@](C)(c2cnn(-c3cccc(C#CC4CC4)c3)c2)N=C1N. The highest BCUT2D eigenvalue weighted by Gasteiger charge is 2.42. The number of carbonyl (C=O) groups is 5. The second-order valence-electron chi connectivity index (χ2n) is 31.6. The van der Waals surface area contributed by atoms with Crippen molar-refractivity contribution in [1.82, 2.24) is 63.8 Å². The van der Waals surface area contributed by atoms with Crippen LogP contribution < -0.4 is 33.4 Å². The lowest BCUT2D eigenvalue weighted by atomic mass is 9.86. The summed E-state index contributed by atoms with van der Waals surface area (Å²) in [6, 6.07) is 45.0. The maximum Gasteiger partial charge on any atom is 0.458 e. The van der Waals surface area contributed by atoms with E-state index in [1.807, 2.05) is 161 Å². The highest BCUT2D eigenvalue weighted by atomic mass is 19.4. The number of nitrogens with zero attached hydrogens (tertiary/aromatic N) is 18. The number of guanidine groups is 5. The number of halogens is 3. The molecule has 5 atom stereocenters. The van der Waals surface area contributed by atoms with Crippen LogP contribution >= 0.6 is 0 Å². The number of aliphatic imine (C=N–C) groups is 5. The normalized spacial score (nSPS) is 20.8. The number of hydrogen-bond acceptors (Lipinski definition) is 21. The Balaban J connectivity index is 0.000000143. The fourth-order valence-corrected chi connectivity index (χ4v) is 13.8. The van der Waals surface area contributed by atoms with E-state index < -0.39 is 33.9 Å². The minimum absolute atomic E-state index is 0.0462. The van der Waals surface area contributed by atoms with Crippen molar-refractivity contribution in [2.24, 2.45) is 59.5 Å². The van der Waals surface area contributed by atoms with Gasteiger partial charge in [-0.2, -0.15) is 28.5 Å². The highest BCUT2D eigenvalue weighted by molar-refractivity contribution is 6.02. The van der Waals surface area contributed by atoms with Gasteiger partial charge in [0.05, 0.1) is 114 Å². The number of nitrogens with two attached hydrogens (primary N) is 5. The molecule has 10 N–H and O–H groups in total. The molecule has 0 saturated heterocycles. The van der Waals surface area contributed by atoms with Gasteiger partial charge in [-0.25, -0.2) is 44.0 Å². The zero-order valence-electron chi connectivity index (χ0n) is 71.0. The quantitative estimate of drug-likeness (QED) is 0.0710. The predicted octanol–water partition coefficient (Wildman–Crippen LogP) is 9.72. The van der Waals surface area contributed by atoms with E-state index in [1.165, 1.54) is 60.1 Å². The second-order valence-corrected chi connectivity index (χ2v) is 31.6. The van der Waals surface area contributed by atoms with Crippen LogP contribution in [0.25, 0.3) is 39.4 Å². The molecule has 1 saturated carbocycles. The Morgan fingerprint density at radius 2 is 0.794 bits per heavy atom. The highest BCUT2D eigenvalue weighted by Crippen LogP contribution is 2.40. The summed E-state index contributed by atoms with van der Waals surface area (Å²) in [5, 5.41) is 13.1. The summed E-state index contributed by atoms with van der Waals surface area (Å²) >= 11 is 0. The zero-order chi connectivity index (χ0) is 90.8. The third kappa shape index (κ3) is 21.0. The number of ether oxygens (including phenoxy) is 1. The molecule has 16 rings (SSSR count). The average Bonchev–Trinajstić information content (AvgIpc) is 1.23. The molecule has 32 heteroatoms. The van der Waals surface area contributed by atoms with Crippen LogP contribution in [-0.2, 0) is 51.7 Å². The summed E-state index contributed by atoms with van der Waals surface area (Å²) in [6.07, 6.45) is 28.8. The van der Waals surface area contributed by atoms with Crippen molar-refractivity contribution in [3.8, 4) is 106 Å². The Hall–Kier alpha value is -15.9. The summed E-state index contributed by atoms with van der Waals surface area (Å²) in [5.74, 6) is 19.3. The van der Waals surface area contributed by atoms with Crippen LogP contribution in [0.3, 0.4) is 0 Å². The van der Waals surface area contributed by atoms with Gasteiger partial charge in [-0.1, -0.05) is 96.2 Å². The fourth-order valence-electron chi connectivity index (χ4n) is 13.8. The number of alkyl halides is 3. The van der Waals surface area contributed by atoms with Gasteiger partial charge in [0.1, 0.15) is 17.9 Å². The molecule has 0 unspecified atom stereocenters. The van der Waals surface area contributed by atoms with Gasteiger partial charge in [0, 0.05) is 110 Å². The number of amides is 5. The van der Waals surface area contributed by atoms with Crippen molar-refractivity contribution in [2.45, 2.75) is 113 Å². The maximum atomic E-state index is 12.3. The van der Waals surface area contributed by atoms with E-state index in [0.29, 0.717) is 34.3 Å². The summed E-state index contributed by atoms with van der Waals surface area (Å²) < 4.78 is 47.3. The lowest BCUT2D eigenvalue weighted by molar-refractivity contribution is -0.129. The molecular formula is C94H92F3N23O6. The van der Waals surface area contributed by atoms with Crippen molar-refractivity contribution in [1.29, 1.82) is 0 Å². The number of carbonyl (C=O) groups excluding carboxylic acids is 5. The van der Waals surface area contributed by atoms with Crippen molar-refractivity contribution in [3.05, 3.63) is 245 Å². The Labute approximate surface area is 727 Å². The van der Waals surface area contributed by atoms with Gasteiger partial charge in [-0.05, 0) is 149 Å². The van der Waals surface area contributed by atoms with E-state index in [9.17, 15) is 37.1 Å². The molecule has 4 aromatic heterocycles. The maximum absolute atomic E-state index is 12.3. The molecule has 640 valence electrons. The molecule has 10 aromatic rings. The minimum atomic E-state index is -4.55. The molecule has 5 amide bonds. The van der Waals surface area contributed by atoms with Gasteiger partial charge in [0.15, 0.2) is 29.8 Å². The third-order valence-electron chi connectivity index (χ3n) is 21.8. The van der Waals surface area contributed by atoms with Gasteiger partial charge < -0.3 is 33.4 Å². The van der Waals surface area contributed by atoms with Gasteiger partial charge >= 0.3 is 6.18 Å². The second kappa shape index (κ2) is 36.8. The summed E-state index contributed by atoms with van der Waals surface area (Å²) in [5.41, 5.74) is 38.0. The number of rotatable bonds is 12. The van der Waals surface area contributed by atoms with Gasteiger partial charge in [-0.15, -0.1) is 19.3 Å². The number of terminal acetylenes is 3. The molecule has 1 fully saturated rings.